The Hall–Kier alpha value is -2.16. The highest BCUT2D eigenvalue weighted by molar-refractivity contribution is 5.49. The smallest absolute Gasteiger partial charge is 0.386 e. The summed E-state index contributed by atoms with van der Waals surface area (Å²) in [7, 11) is 0. The molecule has 0 amide bonds. The minimum atomic E-state index is -4.48. The molecule has 1 atom stereocenters. The van der Waals surface area contributed by atoms with Gasteiger partial charge in [0.05, 0.1) is 18.3 Å². The number of aromatic nitrogens is 4. The third-order valence-electron chi connectivity index (χ3n) is 3.88. The quantitative estimate of drug-likeness (QED) is 0.930. The summed E-state index contributed by atoms with van der Waals surface area (Å²) in [5.41, 5.74) is -1.96. The number of alkyl halides is 3. The maximum Gasteiger partial charge on any atom is 0.419 e. The van der Waals surface area contributed by atoms with Crippen LogP contribution in [0.4, 0.5) is 19.0 Å². The molecule has 1 N–H and O–H groups in total. The number of aliphatic hydroxyl groups is 1. The van der Waals surface area contributed by atoms with Gasteiger partial charge in [0.25, 0.3) is 0 Å². The van der Waals surface area contributed by atoms with Crippen molar-refractivity contribution in [3.8, 4) is 0 Å². The summed E-state index contributed by atoms with van der Waals surface area (Å²) in [4.78, 5) is 5.38. The van der Waals surface area contributed by atoms with Gasteiger partial charge in [-0.15, -0.1) is 5.10 Å². The summed E-state index contributed by atoms with van der Waals surface area (Å²) in [6.07, 6.45) is 1.00. The second-order valence-electron chi connectivity index (χ2n) is 5.72. The van der Waals surface area contributed by atoms with Crippen LogP contribution in [-0.4, -0.2) is 43.8 Å². The Morgan fingerprint density at radius 1 is 1.30 bits per heavy atom. The van der Waals surface area contributed by atoms with Gasteiger partial charge in [-0.25, -0.2) is 9.67 Å². The first-order valence-electron chi connectivity index (χ1n) is 7.21. The van der Waals surface area contributed by atoms with E-state index in [1.54, 1.807) is 6.20 Å². The largest absolute Gasteiger partial charge is 0.419 e. The van der Waals surface area contributed by atoms with Crippen molar-refractivity contribution in [3.63, 3.8) is 0 Å². The van der Waals surface area contributed by atoms with E-state index in [4.69, 9.17) is 0 Å². The summed E-state index contributed by atoms with van der Waals surface area (Å²) in [5.74, 6) is -0.142. The second kappa shape index (κ2) is 5.80. The molecule has 3 heterocycles. The van der Waals surface area contributed by atoms with E-state index in [0.717, 1.165) is 6.07 Å². The van der Waals surface area contributed by atoms with Crippen LogP contribution in [0.25, 0.3) is 0 Å². The molecule has 0 bridgehead atoms. The predicted molar refractivity (Wildman–Crippen MR) is 75.7 cm³/mol. The van der Waals surface area contributed by atoms with Crippen LogP contribution in [0.1, 0.15) is 18.4 Å². The van der Waals surface area contributed by atoms with Crippen LogP contribution in [-0.2, 0) is 12.7 Å². The summed E-state index contributed by atoms with van der Waals surface area (Å²) in [6, 6.07) is 2.27. The van der Waals surface area contributed by atoms with Crippen molar-refractivity contribution >= 4 is 5.82 Å². The van der Waals surface area contributed by atoms with Gasteiger partial charge in [-0.1, -0.05) is 5.21 Å². The third kappa shape index (κ3) is 3.44. The van der Waals surface area contributed by atoms with E-state index in [1.165, 1.54) is 28.0 Å². The van der Waals surface area contributed by atoms with E-state index in [0.29, 0.717) is 19.4 Å². The molecule has 0 radical (unpaired) electrons. The molecule has 124 valence electrons. The molecule has 0 aliphatic carbocycles. The second-order valence-corrected chi connectivity index (χ2v) is 5.72. The Morgan fingerprint density at radius 2 is 2.13 bits per heavy atom. The monoisotopic (exact) mass is 327 g/mol. The van der Waals surface area contributed by atoms with E-state index in [-0.39, 0.29) is 18.9 Å². The molecule has 3 rings (SSSR count). The maximum atomic E-state index is 13.1. The third-order valence-corrected chi connectivity index (χ3v) is 3.88. The number of anilines is 1. The number of pyridine rings is 1. The molecule has 0 aromatic carbocycles. The van der Waals surface area contributed by atoms with Gasteiger partial charge in [0.1, 0.15) is 11.4 Å². The predicted octanol–water partition coefficient (Wildman–Crippen LogP) is 1.72. The summed E-state index contributed by atoms with van der Waals surface area (Å²) < 4.78 is 40.9. The van der Waals surface area contributed by atoms with E-state index < -0.39 is 17.3 Å². The molecule has 9 heteroatoms. The minimum Gasteiger partial charge on any atom is -0.386 e. The fourth-order valence-electron chi connectivity index (χ4n) is 2.91. The number of β-amino-alcohol motifs (C(OH)–C–C–N with tert-alkyl or cyclic N) is 1. The molecule has 23 heavy (non-hydrogen) atoms. The number of halogens is 3. The highest BCUT2D eigenvalue weighted by Crippen LogP contribution is 2.37. The zero-order chi connectivity index (χ0) is 16.5. The molecule has 1 aliphatic heterocycles. The van der Waals surface area contributed by atoms with Crippen molar-refractivity contribution in [2.75, 3.05) is 18.0 Å². The lowest BCUT2D eigenvalue weighted by molar-refractivity contribution is -0.137. The van der Waals surface area contributed by atoms with Crippen LogP contribution >= 0.6 is 0 Å². The zero-order valence-electron chi connectivity index (χ0n) is 12.2. The molecule has 1 saturated heterocycles. The van der Waals surface area contributed by atoms with E-state index in [1.807, 2.05) is 0 Å². The normalized spacial score (nSPS) is 22.3. The molecule has 1 aliphatic rings. The van der Waals surface area contributed by atoms with Crippen LogP contribution in [0.2, 0.25) is 0 Å². The molecule has 0 saturated carbocycles. The molecule has 1 unspecified atom stereocenters. The first-order valence-corrected chi connectivity index (χ1v) is 7.21. The topological polar surface area (TPSA) is 67.1 Å². The Bertz CT molecular complexity index is 661. The fraction of sp³-hybridized carbons (Fsp3) is 0.500. The van der Waals surface area contributed by atoms with Gasteiger partial charge in [0, 0.05) is 25.5 Å². The number of nitrogens with zero attached hydrogens (tertiary/aromatic N) is 5. The van der Waals surface area contributed by atoms with Gasteiger partial charge in [-0.2, -0.15) is 13.2 Å². The summed E-state index contributed by atoms with van der Waals surface area (Å²) in [5, 5.41) is 18.2. The number of hydrogen-bond donors (Lipinski definition) is 1. The highest BCUT2D eigenvalue weighted by atomic mass is 19.4. The molecule has 1 fully saturated rings. The lowest BCUT2D eigenvalue weighted by Gasteiger charge is -2.40. The van der Waals surface area contributed by atoms with Crippen LogP contribution < -0.4 is 4.90 Å². The van der Waals surface area contributed by atoms with Gasteiger partial charge >= 0.3 is 6.18 Å². The van der Waals surface area contributed by atoms with Crippen LogP contribution in [0.3, 0.4) is 0 Å². The van der Waals surface area contributed by atoms with Gasteiger partial charge < -0.3 is 10.0 Å². The van der Waals surface area contributed by atoms with Crippen molar-refractivity contribution in [2.45, 2.75) is 31.2 Å². The average Bonchev–Trinajstić information content (AvgIpc) is 2.98. The van der Waals surface area contributed by atoms with Crippen LogP contribution in [0.5, 0.6) is 0 Å². The van der Waals surface area contributed by atoms with Crippen LogP contribution in [0, 0.1) is 0 Å². The van der Waals surface area contributed by atoms with Crippen molar-refractivity contribution in [1.82, 2.24) is 20.0 Å². The molecule has 2 aromatic rings. The van der Waals surface area contributed by atoms with Gasteiger partial charge in [-0.05, 0) is 25.0 Å². The average molecular weight is 327 g/mol. The SMILES string of the molecule is OC1(Cn2ccnn2)CCCN(c2ncccc2C(F)(F)F)C1. The van der Waals surface area contributed by atoms with Gasteiger partial charge in [0.15, 0.2) is 0 Å². The number of rotatable bonds is 3. The molecule has 0 spiro atoms. The van der Waals surface area contributed by atoms with E-state index in [9.17, 15) is 18.3 Å². The fourth-order valence-corrected chi connectivity index (χ4v) is 2.91. The van der Waals surface area contributed by atoms with E-state index in [2.05, 4.69) is 15.3 Å². The van der Waals surface area contributed by atoms with E-state index >= 15 is 0 Å². The van der Waals surface area contributed by atoms with Crippen molar-refractivity contribution < 1.29 is 18.3 Å². The Kier molecular flexibility index (Phi) is 3.97. The van der Waals surface area contributed by atoms with Crippen LogP contribution in [0.15, 0.2) is 30.7 Å². The number of piperidine rings is 1. The Morgan fingerprint density at radius 3 is 2.83 bits per heavy atom. The lowest BCUT2D eigenvalue weighted by atomic mass is 9.92. The standard InChI is InChI=1S/C14H16F3N5O/c15-14(16,17)11-3-1-5-18-12(11)21-7-2-4-13(23,9-21)10-22-8-6-19-20-22/h1,3,5-6,8,23H,2,4,7,9-10H2. The molecular formula is C14H16F3N5O. The number of hydrogen-bond acceptors (Lipinski definition) is 5. The lowest BCUT2D eigenvalue weighted by Crippen LogP contribution is -2.51. The molecule has 6 nitrogen and oxygen atoms in total. The van der Waals surface area contributed by atoms with Crippen molar-refractivity contribution in [2.24, 2.45) is 0 Å². The first kappa shape index (κ1) is 15.7. The zero-order valence-corrected chi connectivity index (χ0v) is 12.2. The minimum absolute atomic E-state index is 0.0625. The maximum absolute atomic E-state index is 13.1. The summed E-state index contributed by atoms with van der Waals surface area (Å²) >= 11 is 0. The Labute approximate surface area is 130 Å². The molecule has 2 aromatic heterocycles. The first-order chi connectivity index (χ1) is 10.9. The van der Waals surface area contributed by atoms with Gasteiger partial charge in [-0.3, -0.25) is 0 Å². The van der Waals surface area contributed by atoms with Crippen molar-refractivity contribution in [3.05, 3.63) is 36.3 Å². The Balaban J connectivity index is 1.84. The summed E-state index contributed by atoms with van der Waals surface area (Å²) in [6.45, 7) is 0.657. The highest BCUT2D eigenvalue weighted by Gasteiger charge is 2.39. The van der Waals surface area contributed by atoms with Gasteiger partial charge in [0.2, 0.25) is 0 Å². The molecular weight excluding hydrogens is 311 g/mol. The van der Waals surface area contributed by atoms with Crippen molar-refractivity contribution in [1.29, 1.82) is 0 Å².